The van der Waals surface area contributed by atoms with Crippen LogP contribution in [0.1, 0.15) is 35.3 Å². The first-order valence-corrected chi connectivity index (χ1v) is 11.4. The van der Waals surface area contributed by atoms with Gasteiger partial charge in [-0.1, -0.05) is 25.1 Å². The maximum atomic E-state index is 13.5. The van der Waals surface area contributed by atoms with Crippen LogP contribution in [-0.2, 0) is 9.84 Å². The van der Waals surface area contributed by atoms with Crippen molar-refractivity contribution in [3.63, 3.8) is 0 Å². The van der Waals surface area contributed by atoms with Gasteiger partial charge in [-0.05, 0) is 54.4 Å². The predicted octanol–water partition coefficient (Wildman–Crippen LogP) is 4.79. The van der Waals surface area contributed by atoms with Gasteiger partial charge in [0.1, 0.15) is 10.9 Å². The van der Waals surface area contributed by atoms with Gasteiger partial charge in [-0.25, -0.2) is 12.8 Å². The van der Waals surface area contributed by atoms with E-state index in [-0.39, 0.29) is 35.6 Å². The maximum absolute atomic E-state index is 13.5. The highest BCUT2D eigenvalue weighted by atomic mass is 35.5. The van der Waals surface area contributed by atoms with Crippen molar-refractivity contribution >= 4 is 51.3 Å². The lowest BCUT2D eigenvalue weighted by atomic mass is 9.92. The number of hydrogen-bond acceptors (Lipinski definition) is 6. The molecule has 3 rings (SSSR count). The fraction of sp³-hybridized carbons (Fsp3) is 0.174. The number of pyridine rings is 1. The minimum absolute atomic E-state index is 0. The van der Waals surface area contributed by atoms with Gasteiger partial charge < -0.3 is 11.1 Å². The Bertz CT molecular complexity index is 1230. The molecular weight excluding hydrogens is 502 g/mol. The fourth-order valence-corrected chi connectivity index (χ4v) is 4.78. The Balaban J connectivity index is 0.00000289. The SMILES string of the molecule is CCC(C(=N)S(=O)(=O)c1cccc(F)c1)C(N)c1ccc(C(=O)Nc2ccncc2)cc1.Cl.Cl. The molecule has 0 aliphatic heterocycles. The molecule has 7 nitrogen and oxygen atoms in total. The molecule has 0 aliphatic rings. The van der Waals surface area contributed by atoms with E-state index in [4.69, 9.17) is 11.1 Å². The van der Waals surface area contributed by atoms with Gasteiger partial charge in [0.25, 0.3) is 5.91 Å². The third-order valence-electron chi connectivity index (χ3n) is 5.10. The number of nitrogens with two attached hydrogens (primary N) is 1. The second-order valence-electron chi connectivity index (χ2n) is 7.18. The molecule has 2 unspecified atom stereocenters. The van der Waals surface area contributed by atoms with E-state index in [1.807, 2.05) is 0 Å². The van der Waals surface area contributed by atoms with Crippen molar-refractivity contribution < 1.29 is 17.6 Å². The molecule has 1 aromatic heterocycles. The molecule has 0 saturated carbocycles. The fourth-order valence-electron chi connectivity index (χ4n) is 3.29. The van der Waals surface area contributed by atoms with Crippen LogP contribution in [0.25, 0.3) is 0 Å². The molecule has 2 aromatic carbocycles. The van der Waals surface area contributed by atoms with Gasteiger partial charge in [0.05, 0.1) is 4.90 Å². The molecule has 34 heavy (non-hydrogen) atoms. The molecule has 0 fully saturated rings. The van der Waals surface area contributed by atoms with Gasteiger partial charge in [0.2, 0.25) is 9.84 Å². The summed E-state index contributed by atoms with van der Waals surface area (Å²) < 4.78 is 39.2. The molecule has 4 N–H and O–H groups in total. The zero-order valence-electron chi connectivity index (χ0n) is 18.1. The average molecular weight is 527 g/mol. The number of carbonyl (C=O) groups excluding carboxylic acids is 1. The molecule has 182 valence electrons. The zero-order chi connectivity index (χ0) is 23.3. The highest BCUT2D eigenvalue weighted by Gasteiger charge is 2.32. The number of anilines is 1. The van der Waals surface area contributed by atoms with Crippen LogP contribution < -0.4 is 11.1 Å². The summed E-state index contributed by atoms with van der Waals surface area (Å²) in [6.45, 7) is 1.73. The van der Waals surface area contributed by atoms with Gasteiger partial charge in [-0.2, -0.15) is 0 Å². The number of halogens is 3. The highest BCUT2D eigenvalue weighted by Crippen LogP contribution is 2.28. The lowest BCUT2D eigenvalue weighted by Gasteiger charge is -2.24. The molecule has 0 bridgehead atoms. The van der Waals surface area contributed by atoms with E-state index in [0.717, 1.165) is 12.1 Å². The minimum atomic E-state index is -4.19. The third-order valence-corrected chi connectivity index (χ3v) is 6.86. The van der Waals surface area contributed by atoms with Gasteiger partial charge in [-0.15, -0.1) is 24.8 Å². The summed E-state index contributed by atoms with van der Waals surface area (Å²) in [4.78, 5) is 16.0. The van der Waals surface area contributed by atoms with E-state index in [0.29, 0.717) is 23.2 Å². The number of amides is 1. The molecule has 1 amide bonds. The standard InChI is InChI=1S/C23H23FN4O3S.2ClH/c1-2-20(22(26)32(30,31)19-5-3-4-17(24)14-19)21(25)15-6-8-16(9-7-15)23(29)28-18-10-12-27-13-11-18;;/h3-14,20-21,26H,2,25H2,1H3,(H,27,28,29);2*1H. The molecule has 0 radical (unpaired) electrons. The Hall–Kier alpha value is -2.85. The number of benzene rings is 2. The van der Waals surface area contributed by atoms with Crippen LogP contribution in [-0.4, -0.2) is 24.4 Å². The first kappa shape index (κ1) is 29.2. The maximum Gasteiger partial charge on any atom is 0.255 e. The van der Waals surface area contributed by atoms with Gasteiger partial charge >= 0.3 is 0 Å². The molecule has 2 atom stereocenters. The quantitative estimate of drug-likeness (QED) is 0.301. The Labute approximate surface area is 210 Å². The number of carbonyl (C=O) groups is 1. The lowest BCUT2D eigenvalue weighted by Crippen LogP contribution is -2.32. The largest absolute Gasteiger partial charge is 0.323 e. The van der Waals surface area contributed by atoms with Crippen molar-refractivity contribution in [1.29, 1.82) is 5.41 Å². The summed E-state index contributed by atoms with van der Waals surface area (Å²) in [7, 11) is -4.19. The number of nitrogens with zero attached hydrogens (tertiary/aromatic N) is 1. The Morgan fingerprint density at radius 2 is 1.71 bits per heavy atom. The summed E-state index contributed by atoms with van der Waals surface area (Å²) in [5.41, 5.74) is 7.90. The monoisotopic (exact) mass is 526 g/mol. The van der Waals surface area contributed by atoms with Crippen LogP contribution in [0.5, 0.6) is 0 Å². The van der Waals surface area contributed by atoms with Crippen LogP contribution in [0.3, 0.4) is 0 Å². The van der Waals surface area contributed by atoms with Crippen LogP contribution in [0.4, 0.5) is 10.1 Å². The molecular formula is C23H25Cl2FN4O3S. The highest BCUT2D eigenvalue weighted by molar-refractivity contribution is 8.06. The van der Waals surface area contributed by atoms with Crippen molar-refractivity contribution in [2.75, 3.05) is 5.32 Å². The predicted molar refractivity (Wildman–Crippen MR) is 135 cm³/mol. The van der Waals surface area contributed by atoms with Crippen LogP contribution in [0, 0.1) is 17.1 Å². The van der Waals surface area contributed by atoms with Crippen molar-refractivity contribution in [2.24, 2.45) is 11.7 Å². The molecule has 0 spiro atoms. The van der Waals surface area contributed by atoms with Crippen LogP contribution >= 0.6 is 24.8 Å². The van der Waals surface area contributed by atoms with Crippen molar-refractivity contribution in [1.82, 2.24) is 4.98 Å². The van der Waals surface area contributed by atoms with Crippen LogP contribution in [0.15, 0.2) is 78.0 Å². The second-order valence-corrected chi connectivity index (χ2v) is 9.10. The molecule has 0 aliphatic carbocycles. The smallest absolute Gasteiger partial charge is 0.255 e. The zero-order valence-corrected chi connectivity index (χ0v) is 20.6. The van der Waals surface area contributed by atoms with E-state index in [1.54, 1.807) is 55.7 Å². The normalized spacial score (nSPS) is 12.4. The van der Waals surface area contributed by atoms with E-state index < -0.39 is 32.7 Å². The summed E-state index contributed by atoms with van der Waals surface area (Å²) >= 11 is 0. The van der Waals surface area contributed by atoms with Crippen LogP contribution in [0.2, 0.25) is 0 Å². The first-order chi connectivity index (χ1) is 15.2. The second kappa shape index (κ2) is 12.6. The van der Waals surface area contributed by atoms with Crippen molar-refractivity contribution in [2.45, 2.75) is 24.3 Å². The number of rotatable bonds is 7. The van der Waals surface area contributed by atoms with Gasteiger partial charge in [0.15, 0.2) is 0 Å². The Kier molecular flexibility index (Phi) is 10.8. The average Bonchev–Trinajstić information content (AvgIpc) is 2.80. The van der Waals surface area contributed by atoms with Crippen molar-refractivity contribution in [3.05, 3.63) is 90.0 Å². The molecule has 3 aromatic rings. The van der Waals surface area contributed by atoms with E-state index >= 15 is 0 Å². The Morgan fingerprint density at radius 1 is 1.09 bits per heavy atom. The Morgan fingerprint density at radius 3 is 2.26 bits per heavy atom. The number of sulfone groups is 1. The number of aromatic nitrogens is 1. The first-order valence-electron chi connectivity index (χ1n) is 9.90. The lowest BCUT2D eigenvalue weighted by molar-refractivity contribution is 0.102. The third kappa shape index (κ3) is 6.60. The molecule has 11 heteroatoms. The van der Waals surface area contributed by atoms with E-state index in [1.165, 1.54) is 12.1 Å². The molecule has 0 saturated heterocycles. The van der Waals surface area contributed by atoms with Crippen molar-refractivity contribution in [3.8, 4) is 0 Å². The van der Waals surface area contributed by atoms with Gasteiger partial charge in [0, 0.05) is 35.6 Å². The van der Waals surface area contributed by atoms with E-state index in [2.05, 4.69) is 10.3 Å². The summed E-state index contributed by atoms with van der Waals surface area (Å²) in [5.74, 6) is -1.83. The minimum Gasteiger partial charge on any atom is -0.323 e. The van der Waals surface area contributed by atoms with E-state index in [9.17, 15) is 17.6 Å². The summed E-state index contributed by atoms with van der Waals surface area (Å²) in [6, 6.07) is 13.5. The number of nitrogens with one attached hydrogen (secondary N) is 2. The summed E-state index contributed by atoms with van der Waals surface area (Å²) in [5, 5.41) is 10.5. The topological polar surface area (TPSA) is 126 Å². The van der Waals surface area contributed by atoms with Gasteiger partial charge in [-0.3, -0.25) is 15.2 Å². The number of hydrogen-bond donors (Lipinski definition) is 3. The molecule has 1 heterocycles. The summed E-state index contributed by atoms with van der Waals surface area (Å²) in [6.07, 6.45) is 3.42.